The summed E-state index contributed by atoms with van der Waals surface area (Å²) in [6.45, 7) is 7.93. The van der Waals surface area contributed by atoms with Crippen molar-refractivity contribution in [1.82, 2.24) is 15.1 Å². The molecule has 2 aromatic rings. The van der Waals surface area contributed by atoms with Gasteiger partial charge in [0.1, 0.15) is 17.5 Å². The van der Waals surface area contributed by atoms with Crippen LogP contribution < -0.4 is 10.6 Å². The third kappa shape index (κ3) is 7.43. The molecule has 1 aliphatic rings. The number of imide groups is 1. The molecule has 2 aromatic carbocycles. The molecular weight excluding hydrogens is 502 g/mol. The number of anilines is 1. The number of benzene rings is 2. The second-order valence-electron chi connectivity index (χ2n) is 10.6. The fraction of sp³-hybridized carbons (Fsp3) is 0.464. The number of hydrogen-bond donors (Lipinski definition) is 4. The van der Waals surface area contributed by atoms with Crippen molar-refractivity contribution < 1.29 is 29.0 Å². The molecule has 0 spiro atoms. The quantitative estimate of drug-likeness (QED) is 0.130. The van der Waals surface area contributed by atoms with Gasteiger partial charge in [-0.1, -0.05) is 38.1 Å². The van der Waals surface area contributed by atoms with E-state index in [-0.39, 0.29) is 31.8 Å². The molecule has 39 heavy (non-hydrogen) atoms. The number of aliphatic hydroxyl groups excluding tert-OH is 1. The normalized spacial score (nSPS) is 17.2. The van der Waals surface area contributed by atoms with Gasteiger partial charge in [0, 0.05) is 49.4 Å². The molecule has 1 fully saturated rings. The summed E-state index contributed by atoms with van der Waals surface area (Å²) in [6.07, 6.45) is 0.562. The molecule has 3 amide bonds. The average Bonchev–Trinajstić information content (AvgIpc) is 2.84. The summed E-state index contributed by atoms with van der Waals surface area (Å²) in [5, 5.41) is 26.4. The Morgan fingerprint density at radius 2 is 2.03 bits per heavy atom. The lowest BCUT2D eigenvalue weighted by Gasteiger charge is -2.42. The first-order valence-corrected chi connectivity index (χ1v) is 13.2. The van der Waals surface area contributed by atoms with E-state index in [2.05, 4.69) is 29.4 Å². The monoisotopic (exact) mass is 540 g/mol. The van der Waals surface area contributed by atoms with Crippen molar-refractivity contribution in [2.75, 3.05) is 25.0 Å². The maximum absolute atomic E-state index is 15.1. The number of hydrogen-bond acceptors (Lipinski definition) is 7. The number of nitrogens with zero attached hydrogens (tertiary/aromatic N) is 2. The number of aryl methyl sites for hydroxylation is 1. The van der Waals surface area contributed by atoms with Crippen LogP contribution in [0.1, 0.15) is 48.9 Å². The Hall–Kier alpha value is -3.28. The highest BCUT2D eigenvalue weighted by Crippen LogP contribution is 2.34. The summed E-state index contributed by atoms with van der Waals surface area (Å²) < 4.78 is 15.1. The number of piperidine rings is 1. The van der Waals surface area contributed by atoms with Gasteiger partial charge < -0.3 is 20.4 Å². The largest absolute Gasteiger partial charge is 0.395 e. The molecule has 3 rings (SSSR count). The molecule has 1 saturated heterocycles. The number of halogens is 1. The molecule has 11 heteroatoms. The molecule has 0 radical (unpaired) electrons. The van der Waals surface area contributed by atoms with E-state index in [1.54, 1.807) is 31.2 Å². The van der Waals surface area contributed by atoms with E-state index >= 15 is 4.39 Å². The fourth-order valence-corrected chi connectivity index (χ4v) is 5.17. The van der Waals surface area contributed by atoms with E-state index in [4.69, 9.17) is 0 Å². The van der Waals surface area contributed by atoms with Gasteiger partial charge in [0.05, 0.1) is 6.61 Å². The molecule has 210 valence electrons. The molecule has 0 saturated carbocycles. The smallest absolute Gasteiger partial charge is 0.249 e. The molecule has 9 nitrogen and oxygen atoms in total. The first-order chi connectivity index (χ1) is 18.5. The minimum atomic E-state index is -1.90. The lowest BCUT2D eigenvalue weighted by atomic mass is 9.78. The second-order valence-corrected chi connectivity index (χ2v) is 10.6. The zero-order valence-corrected chi connectivity index (χ0v) is 23.0. The number of amides is 3. The predicted molar refractivity (Wildman–Crippen MR) is 149 cm³/mol. The molecule has 0 bridgehead atoms. The van der Waals surface area contributed by atoms with E-state index in [1.807, 2.05) is 6.07 Å². The van der Waals surface area contributed by atoms with Gasteiger partial charge in [-0.15, -0.1) is 0 Å². The molecule has 1 aliphatic heterocycles. The van der Waals surface area contributed by atoms with Crippen molar-refractivity contribution in [1.29, 1.82) is 0 Å². The number of aliphatic hydroxyl groups is 2. The van der Waals surface area contributed by atoms with Gasteiger partial charge in [-0.2, -0.15) is 0 Å². The highest BCUT2D eigenvalue weighted by Gasteiger charge is 2.42. The van der Waals surface area contributed by atoms with E-state index in [9.17, 15) is 24.6 Å². The van der Waals surface area contributed by atoms with Gasteiger partial charge in [0.25, 0.3) is 0 Å². The molecular formula is C28H38BFN4O5. The van der Waals surface area contributed by atoms with Crippen molar-refractivity contribution in [2.24, 2.45) is 5.92 Å². The predicted octanol–water partition coefficient (Wildman–Crippen LogP) is 1.20. The van der Waals surface area contributed by atoms with Crippen LogP contribution in [-0.4, -0.2) is 71.8 Å². The van der Waals surface area contributed by atoms with Crippen molar-refractivity contribution in [3.05, 3.63) is 64.5 Å². The Balaban J connectivity index is 1.81. The standard InChI is InChI=1S/C28H38BFN4O5/c1-18(2)15-33(11-12-35)16-20-7-8-21(22(30)13-20)14-31-23-6-4-5-19(3)26(23)28(29,39)34(17-36)24-9-10-25(37)32-27(24)38/h4-8,13,17-18,24,31,35,39H,9-12,14-16,29H2,1-3H3,(H,32,37,38). The Kier molecular flexibility index (Phi) is 10.2. The van der Waals surface area contributed by atoms with Crippen LogP contribution >= 0.6 is 0 Å². The first kappa shape index (κ1) is 30.3. The summed E-state index contributed by atoms with van der Waals surface area (Å²) in [4.78, 5) is 39.3. The highest BCUT2D eigenvalue weighted by atomic mass is 19.1. The van der Waals surface area contributed by atoms with Gasteiger partial charge in [0.15, 0.2) is 7.85 Å². The van der Waals surface area contributed by atoms with Crippen LogP contribution in [0.4, 0.5) is 10.1 Å². The van der Waals surface area contributed by atoms with Crippen molar-refractivity contribution in [3.63, 3.8) is 0 Å². The molecule has 0 aromatic heterocycles. The van der Waals surface area contributed by atoms with Gasteiger partial charge in [0.2, 0.25) is 18.2 Å². The van der Waals surface area contributed by atoms with Crippen molar-refractivity contribution >= 4 is 31.8 Å². The SMILES string of the molecule is BC(O)(c1c(C)cccc1NCc1ccc(CN(CCO)CC(C)C)cc1F)N(C=O)C1CCC(=O)NC1=O. The minimum Gasteiger partial charge on any atom is -0.395 e. The average molecular weight is 540 g/mol. The van der Waals surface area contributed by atoms with E-state index in [0.717, 1.165) is 17.0 Å². The van der Waals surface area contributed by atoms with Crippen LogP contribution in [0.3, 0.4) is 0 Å². The summed E-state index contributed by atoms with van der Waals surface area (Å²) in [5.74, 6) is -1.04. The third-order valence-corrected chi connectivity index (χ3v) is 6.94. The number of carbonyl (C=O) groups is 3. The summed E-state index contributed by atoms with van der Waals surface area (Å²) >= 11 is 0. The lowest BCUT2D eigenvalue weighted by Crippen LogP contribution is -2.59. The maximum atomic E-state index is 15.1. The molecule has 4 N–H and O–H groups in total. The maximum Gasteiger partial charge on any atom is 0.249 e. The zero-order chi connectivity index (χ0) is 28.7. The van der Waals surface area contributed by atoms with Crippen LogP contribution in [0.25, 0.3) is 0 Å². The topological polar surface area (TPSA) is 122 Å². The Bertz CT molecular complexity index is 1190. The molecule has 1 heterocycles. The number of rotatable bonds is 13. The highest BCUT2D eigenvalue weighted by molar-refractivity contribution is 6.16. The minimum absolute atomic E-state index is 0.0326. The van der Waals surface area contributed by atoms with Crippen LogP contribution in [0.5, 0.6) is 0 Å². The van der Waals surface area contributed by atoms with E-state index in [1.165, 1.54) is 13.9 Å². The zero-order valence-electron chi connectivity index (χ0n) is 23.0. The van der Waals surface area contributed by atoms with Crippen LogP contribution in [-0.2, 0) is 33.1 Å². The van der Waals surface area contributed by atoms with Gasteiger partial charge in [-0.05, 0) is 42.5 Å². The summed E-state index contributed by atoms with van der Waals surface area (Å²) in [7, 11) is 1.42. The third-order valence-electron chi connectivity index (χ3n) is 6.94. The second kappa shape index (κ2) is 13.2. The van der Waals surface area contributed by atoms with Crippen molar-refractivity contribution in [2.45, 2.75) is 58.4 Å². The first-order valence-electron chi connectivity index (χ1n) is 13.2. The van der Waals surface area contributed by atoms with Crippen LogP contribution in [0, 0.1) is 18.7 Å². The Morgan fingerprint density at radius 1 is 1.28 bits per heavy atom. The fourth-order valence-electron chi connectivity index (χ4n) is 5.17. The molecule has 2 atom stereocenters. The van der Waals surface area contributed by atoms with E-state index in [0.29, 0.717) is 47.8 Å². The van der Waals surface area contributed by atoms with E-state index < -0.39 is 23.5 Å². The number of nitrogens with one attached hydrogen (secondary N) is 2. The van der Waals surface area contributed by atoms with Gasteiger partial charge >= 0.3 is 0 Å². The summed E-state index contributed by atoms with van der Waals surface area (Å²) in [6, 6.07) is 9.30. The molecule has 2 unspecified atom stereocenters. The lowest BCUT2D eigenvalue weighted by molar-refractivity contribution is -0.153. The number of carbonyl (C=O) groups excluding carboxylic acids is 3. The van der Waals surface area contributed by atoms with Crippen molar-refractivity contribution in [3.8, 4) is 0 Å². The Labute approximate surface area is 229 Å². The summed E-state index contributed by atoms with van der Waals surface area (Å²) in [5.41, 5.74) is 0.832. The van der Waals surface area contributed by atoms with Gasteiger partial charge in [-0.3, -0.25) is 24.6 Å². The van der Waals surface area contributed by atoms with Crippen LogP contribution in [0.2, 0.25) is 0 Å². The molecule has 0 aliphatic carbocycles. The van der Waals surface area contributed by atoms with Crippen LogP contribution in [0.15, 0.2) is 36.4 Å². The Morgan fingerprint density at radius 3 is 2.64 bits per heavy atom. The van der Waals surface area contributed by atoms with Gasteiger partial charge in [-0.25, -0.2) is 4.39 Å².